The monoisotopic (exact) mass is 534 g/mol. The Morgan fingerprint density at radius 3 is 1.61 bits per heavy atom. The number of para-hydroxylation sites is 3. The summed E-state index contributed by atoms with van der Waals surface area (Å²) in [5.74, 6) is 0. The highest BCUT2D eigenvalue weighted by Crippen LogP contribution is 2.37. The first-order valence-electron chi connectivity index (χ1n) is 11.1. The van der Waals surface area contributed by atoms with Gasteiger partial charge in [-0.05, 0) is 83.3 Å². The molecule has 156 valence electrons. The van der Waals surface area contributed by atoms with Crippen molar-refractivity contribution in [3.8, 4) is 11.4 Å². The van der Waals surface area contributed by atoms with Crippen LogP contribution in [-0.4, -0.2) is 9.13 Å². The zero-order valence-corrected chi connectivity index (χ0v) is 19.9. The largest absolute Gasteiger partial charge is 0.309 e. The summed E-state index contributed by atoms with van der Waals surface area (Å²) in [5.41, 5.74) is 7.30. The van der Waals surface area contributed by atoms with Crippen molar-refractivity contribution in [2.45, 2.75) is 0 Å². The second-order valence-electron chi connectivity index (χ2n) is 8.40. The number of hydrogen-bond acceptors (Lipinski definition) is 0. The summed E-state index contributed by atoms with van der Waals surface area (Å²) in [6.45, 7) is 0. The molecule has 0 spiro atoms. The maximum atomic E-state index is 2.40. The molecule has 0 saturated heterocycles. The fraction of sp³-hybridized carbons (Fsp3) is 0. The fourth-order valence-corrected chi connectivity index (χ4v) is 5.67. The molecule has 0 atom stereocenters. The van der Waals surface area contributed by atoms with Gasteiger partial charge < -0.3 is 9.13 Å². The lowest BCUT2D eigenvalue weighted by Gasteiger charge is -2.10. The van der Waals surface area contributed by atoms with Crippen LogP contribution in [0.1, 0.15) is 0 Å². The molecular weight excluding hydrogens is 515 g/mol. The Hall–Kier alpha value is -3.57. The molecule has 0 N–H and O–H groups in total. The minimum Gasteiger partial charge on any atom is -0.309 e. The van der Waals surface area contributed by atoms with Crippen LogP contribution in [-0.2, 0) is 0 Å². The second kappa shape index (κ2) is 7.22. The SMILES string of the molecule is Ic1ccc2c(c1)c1ccccc1n2-c1ccc2c(c1)c1ccccc1n2-c1ccccc1. The van der Waals surface area contributed by atoms with Gasteiger partial charge in [-0.2, -0.15) is 0 Å². The van der Waals surface area contributed by atoms with Crippen molar-refractivity contribution in [3.05, 3.63) is 119 Å². The van der Waals surface area contributed by atoms with Crippen LogP contribution in [0.3, 0.4) is 0 Å². The second-order valence-corrected chi connectivity index (χ2v) is 9.65. The summed E-state index contributed by atoms with van der Waals surface area (Å²) in [6.07, 6.45) is 0. The summed E-state index contributed by atoms with van der Waals surface area (Å²) in [4.78, 5) is 0. The molecule has 7 aromatic rings. The molecular formula is C30H19IN2. The maximum absolute atomic E-state index is 2.40. The maximum Gasteiger partial charge on any atom is 0.0542 e. The highest BCUT2D eigenvalue weighted by atomic mass is 127. The number of rotatable bonds is 2. The van der Waals surface area contributed by atoms with Crippen molar-refractivity contribution in [3.63, 3.8) is 0 Å². The van der Waals surface area contributed by atoms with Gasteiger partial charge in [0.05, 0.1) is 22.1 Å². The van der Waals surface area contributed by atoms with Crippen LogP contribution >= 0.6 is 22.6 Å². The number of benzene rings is 5. The Morgan fingerprint density at radius 2 is 0.909 bits per heavy atom. The van der Waals surface area contributed by atoms with E-state index in [4.69, 9.17) is 0 Å². The van der Waals surface area contributed by atoms with E-state index in [9.17, 15) is 0 Å². The summed E-state index contributed by atoms with van der Waals surface area (Å²) >= 11 is 2.40. The average Bonchev–Trinajstić information content (AvgIpc) is 3.37. The number of aromatic nitrogens is 2. The minimum absolute atomic E-state index is 1.18. The van der Waals surface area contributed by atoms with Gasteiger partial charge in [-0.25, -0.2) is 0 Å². The molecule has 0 aliphatic rings. The van der Waals surface area contributed by atoms with Gasteiger partial charge in [-0.1, -0.05) is 54.6 Å². The van der Waals surface area contributed by atoms with E-state index in [0.29, 0.717) is 0 Å². The van der Waals surface area contributed by atoms with E-state index in [1.165, 1.54) is 58.6 Å². The molecule has 0 unspecified atom stereocenters. The lowest BCUT2D eigenvalue weighted by molar-refractivity contribution is 1.16. The van der Waals surface area contributed by atoms with Crippen molar-refractivity contribution in [2.24, 2.45) is 0 Å². The number of nitrogens with zero attached hydrogens (tertiary/aromatic N) is 2. The van der Waals surface area contributed by atoms with Crippen LogP contribution in [0.4, 0.5) is 0 Å². The van der Waals surface area contributed by atoms with Gasteiger partial charge in [-0.3, -0.25) is 0 Å². The van der Waals surface area contributed by atoms with Gasteiger partial charge in [0.1, 0.15) is 0 Å². The van der Waals surface area contributed by atoms with E-state index in [0.717, 1.165) is 0 Å². The van der Waals surface area contributed by atoms with Crippen molar-refractivity contribution >= 4 is 66.2 Å². The van der Waals surface area contributed by atoms with Crippen LogP contribution in [0.2, 0.25) is 0 Å². The van der Waals surface area contributed by atoms with Crippen molar-refractivity contribution in [1.29, 1.82) is 0 Å². The molecule has 0 bridgehead atoms. The normalized spacial score (nSPS) is 11.8. The van der Waals surface area contributed by atoms with Gasteiger partial charge in [0.2, 0.25) is 0 Å². The van der Waals surface area contributed by atoms with Crippen molar-refractivity contribution in [2.75, 3.05) is 0 Å². The zero-order valence-electron chi connectivity index (χ0n) is 17.7. The summed E-state index contributed by atoms with van der Waals surface area (Å²) < 4.78 is 6.02. The van der Waals surface area contributed by atoms with Gasteiger partial charge in [0.25, 0.3) is 0 Å². The molecule has 0 fully saturated rings. The number of hydrogen-bond donors (Lipinski definition) is 0. The molecule has 0 radical (unpaired) electrons. The summed E-state index contributed by atoms with van der Waals surface area (Å²) in [5, 5.41) is 5.12. The topological polar surface area (TPSA) is 9.86 Å². The third-order valence-corrected chi connectivity index (χ3v) is 7.23. The molecule has 0 saturated carbocycles. The van der Waals surface area contributed by atoms with E-state index in [1.54, 1.807) is 0 Å². The highest BCUT2D eigenvalue weighted by molar-refractivity contribution is 14.1. The molecule has 0 aliphatic carbocycles. The van der Waals surface area contributed by atoms with Crippen LogP contribution in [0.15, 0.2) is 115 Å². The third-order valence-electron chi connectivity index (χ3n) is 6.56. The minimum atomic E-state index is 1.18. The third kappa shape index (κ3) is 2.79. The lowest BCUT2D eigenvalue weighted by atomic mass is 10.1. The molecule has 3 heteroatoms. The Morgan fingerprint density at radius 1 is 0.394 bits per heavy atom. The Kier molecular flexibility index (Phi) is 4.15. The van der Waals surface area contributed by atoms with E-state index in [-0.39, 0.29) is 0 Å². The van der Waals surface area contributed by atoms with Gasteiger partial charge >= 0.3 is 0 Å². The van der Waals surface area contributed by atoms with E-state index >= 15 is 0 Å². The number of halogens is 1. The summed E-state index contributed by atoms with van der Waals surface area (Å²) in [7, 11) is 0. The zero-order chi connectivity index (χ0) is 21.9. The Bertz CT molecular complexity index is 1820. The van der Waals surface area contributed by atoms with E-state index in [1.807, 2.05) is 0 Å². The first-order chi connectivity index (χ1) is 16.3. The standard InChI is InChI=1S/C30H19IN2/c31-20-14-16-29-25(18-20)23-10-4-7-13-28(23)33(29)22-15-17-30-26(19-22)24-11-5-6-12-27(24)32(30)21-8-2-1-3-9-21/h1-19H. The van der Waals surface area contributed by atoms with Crippen molar-refractivity contribution in [1.82, 2.24) is 9.13 Å². The van der Waals surface area contributed by atoms with Gasteiger partial charge in [0, 0.05) is 36.5 Å². The lowest BCUT2D eigenvalue weighted by Crippen LogP contribution is -1.95. The average molecular weight is 534 g/mol. The molecule has 2 heterocycles. The first kappa shape index (κ1) is 18.9. The fourth-order valence-electron chi connectivity index (χ4n) is 5.18. The molecule has 33 heavy (non-hydrogen) atoms. The summed E-state index contributed by atoms with van der Waals surface area (Å²) in [6, 6.07) is 41.6. The first-order valence-corrected chi connectivity index (χ1v) is 12.2. The number of fused-ring (bicyclic) bond motifs is 6. The van der Waals surface area contributed by atoms with Crippen LogP contribution in [0, 0.1) is 3.57 Å². The van der Waals surface area contributed by atoms with E-state index < -0.39 is 0 Å². The predicted octanol–water partition coefficient (Wildman–Crippen LogP) is 8.49. The predicted molar refractivity (Wildman–Crippen MR) is 148 cm³/mol. The van der Waals surface area contributed by atoms with Gasteiger partial charge in [-0.15, -0.1) is 0 Å². The highest BCUT2D eigenvalue weighted by Gasteiger charge is 2.16. The van der Waals surface area contributed by atoms with Crippen LogP contribution in [0.5, 0.6) is 0 Å². The van der Waals surface area contributed by atoms with Crippen molar-refractivity contribution < 1.29 is 0 Å². The molecule has 2 aromatic heterocycles. The molecule has 0 amide bonds. The Balaban J connectivity index is 1.58. The smallest absolute Gasteiger partial charge is 0.0542 e. The molecule has 5 aromatic carbocycles. The quantitative estimate of drug-likeness (QED) is 0.197. The molecule has 2 nitrogen and oxygen atoms in total. The van der Waals surface area contributed by atoms with Gasteiger partial charge in [0.15, 0.2) is 0 Å². The molecule has 0 aliphatic heterocycles. The molecule has 7 rings (SSSR count). The Labute approximate surface area is 204 Å². The van der Waals surface area contributed by atoms with E-state index in [2.05, 4.69) is 147 Å². The van der Waals surface area contributed by atoms with Crippen LogP contribution in [0.25, 0.3) is 55.0 Å². The van der Waals surface area contributed by atoms with Crippen LogP contribution < -0.4 is 0 Å².